The number of nitrogens with zero attached hydrogens (tertiary/aromatic N) is 3. The third-order valence-corrected chi connectivity index (χ3v) is 3.88. The van der Waals surface area contributed by atoms with Crippen molar-refractivity contribution >= 4 is 23.7 Å². The predicted octanol–water partition coefficient (Wildman–Crippen LogP) is 1.44. The van der Waals surface area contributed by atoms with Gasteiger partial charge in [0.05, 0.1) is 0 Å². The maximum absolute atomic E-state index is 11.9. The van der Waals surface area contributed by atoms with Crippen molar-refractivity contribution in [1.82, 2.24) is 15.1 Å². The van der Waals surface area contributed by atoms with Crippen molar-refractivity contribution in [2.45, 2.75) is 26.7 Å². The molecule has 1 aromatic heterocycles. The third-order valence-electron chi connectivity index (χ3n) is 3.88. The number of anilines is 1. The summed E-state index contributed by atoms with van der Waals surface area (Å²) in [5, 5.41) is 10.1. The van der Waals surface area contributed by atoms with Crippen LogP contribution in [0.15, 0.2) is 22.6 Å². The maximum Gasteiger partial charge on any atom is 0.322 e. The van der Waals surface area contributed by atoms with Gasteiger partial charge in [-0.2, -0.15) is 0 Å². The molecule has 0 aliphatic carbocycles. The van der Waals surface area contributed by atoms with E-state index in [-0.39, 0.29) is 43.1 Å². The summed E-state index contributed by atoms with van der Waals surface area (Å²) in [4.78, 5) is 35.8. The molecule has 2 heterocycles. The quantitative estimate of drug-likeness (QED) is 0.851. The Morgan fingerprint density at radius 2 is 1.88 bits per heavy atom. The average Bonchev–Trinajstić information content (AvgIpc) is 3.12. The van der Waals surface area contributed by atoms with Gasteiger partial charge in [0.1, 0.15) is 6.54 Å². The number of carbonyl (C=O) groups excluding carboxylic acids is 3. The van der Waals surface area contributed by atoms with Crippen LogP contribution in [0.4, 0.5) is 6.01 Å². The number of aryl methyl sites for hydroxylation is 2. The van der Waals surface area contributed by atoms with E-state index in [0.29, 0.717) is 0 Å². The van der Waals surface area contributed by atoms with E-state index in [4.69, 9.17) is 4.42 Å². The number of hydrogen-bond acceptors (Lipinski definition) is 6. The van der Waals surface area contributed by atoms with E-state index in [0.717, 1.165) is 21.6 Å². The molecule has 0 saturated carbocycles. The van der Waals surface area contributed by atoms with Gasteiger partial charge in [0.2, 0.25) is 23.6 Å². The third kappa shape index (κ3) is 3.17. The molecular weight excluding hydrogens is 312 g/mol. The number of nitrogens with one attached hydrogen (secondary N) is 1. The molecule has 8 heteroatoms. The SMILES string of the molecule is Cc1ccc(-c2nnc(NC(=O)CN3C(=O)CCC3=O)o2)cc1C. The smallest absolute Gasteiger partial charge is 0.322 e. The van der Waals surface area contributed by atoms with Gasteiger partial charge < -0.3 is 4.42 Å². The van der Waals surface area contributed by atoms with Gasteiger partial charge in [0.15, 0.2) is 0 Å². The van der Waals surface area contributed by atoms with Crippen LogP contribution in [-0.4, -0.2) is 39.4 Å². The number of amides is 3. The van der Waals surface area contributed by atoms with Crippen LogP contribution in [0.2, 0.25) is 0 Å². The van der Waals surface area contributed by atoms with Gasteiger partial charge >= 0.3 is 6.01 Å². The molecule has 1 aliphatic heterocycles. The molecule has 1 saturated heterocycles. The molecule has 0 radical (unpaired) electrons. The minimum atomic E-state index is -0.561. The van der Waals surface area contributed by atoms with Crippen LogP contribution in [0.25, 0.3) is 11.5 Å². The molecule has 0 unspecified atom stereocenters. The van der Waals surface area contributed by atoms with Crippen LogP contribution >= 0.6 is 0 Å². The molecule has 1 aromatic carbocycles. The Balaban J connectivity index is 1.67. The number of aromatic nitrogens is 2. The second kappa shape index (κ2) is 6.23. The van der Waals surface area contributed by atoms with Crippen LogP contribution < -0.4 is 5.32 Å². The van der Waals surface area contributed by atoms with Crippen LogP contribution in [0.1, 0.15) is 24.0 Å². The Kier molecular flexibility index (Phi) is 4.11. The van der Waals surface area contributed by atoms with Crippen molar-refractivity contribution < 1.29 is 18.8 Å². The number of likely N-dealkylation sites (tertiary alicyclic amines) is 1. The van der Waals surface area contributed by atoms with Gasteiger partial charge in [-0.25, -0.2) is 0 Å². The van der Waals surface area contributed by atoms with Gasteiger partial charge in [0, 0.05) is 18.4 Å². The van der Waals surface area contributed by atoms with Crippen molar-refractivity contribution in [3.05, 3.63) is 29.3 Å². The van der Waals surface area contributed by atoms with Crippen LogP contribution in [0.5, 0.6) is 0 Å². The first-order chi connectivity index (χ1) is 11.4. The molecule has 0 atom stereocenters. The van der Waals surface area contributed by atoms with Gasteiger partial charge in [-0.1, -0.05) is 11.2 Å². The summed E-state index contributed by atoms with van der Waals surface area (Å²) < 4.78 is 5.41. The molecule has 1 aliphatic rings. The number of benzene rings is 1. The molecule has 1 N–H and O–H groups in total. The van der Waals surface area contributed by atoms with Gasteiger partial charge in [-0.05, 0) is 37.1 Å². The fraction of sp³-hybridized carbons (Fsp3) is 0.312. The molecule has 2 aromatic rings. The normalized spacial score (nSPS) is 14.3. The molecule has 0 bridgehead atoms. The minimum Gasteiger partial charge on any atom is -0.403 e. The van der Waals surface area contributed by atoms with Gasteiger partial charge in [0.25, 0.3) is 0 Å². The molecule has 8 nitrogen and oxygen atoms in total. The summed E-state index contributed by atoms with van der Waals surface area (Å²) in [7, 11) is 0. The van der Waals surface area contributed by atoms with Crippen LogP contribution in [0.3, 0.4) is 0 Å². The van der Waals surface area contributed by atoms with Crippen molar-refractivity contribution in [2.75, 3.05) is 11.9 Å². The lowest BCUT2D eigenvalue weighted by Gasteiger charge is -2.11. The first-order valence-corrected chi connectivity index (χ1v) is 7.48. The van der Waals surface area contributed by atoms with Crippen molar-refractivity contribution in [3.8, 4) is 11.5 Å². The topological polar surface area (TPSA) is 105 Å². The molecule has 24 heavy (non-hydrogen) atoms. The second-order valence-corrected chi connectivity index (χ2v) is 5.63. The monoisotopic (exact) mass is 328 g/mol. The van der Waals surface area contributed by atoms with Crippen LogP contribution in [0, 0.1) is 13.8 Å². The van der Waals surface area contributed by atoms with Crippen molar-refractivity contribution in [1.29, 1.82) is 0 Å². The predicted molar refractivity (Wildman–Crippen MR) is 83.8 cm³/mol. The summed E-state index contributed by atoms with van der Waals surface area (Å²) >= 11 is 0. The fourth-order valence-corrected chi connectivity index (χ4v) is 2.37. The Labute approximate surface area is 137 Å². The largest absolute Gasteiger partial charge is 0.403 e. The van der Waals surface area contributed by atoms with Crippen molar-refractivity contribution in [3.63, 3.8) is 0 Å². The Hall–Kier alpha value is -3.03. The zero-order valence-corrected chi connectivity index (χ0v) is 13.3. The van der Waals surface area contributed by atoms with Crippen LogP contribution in [-0.2, 0) is 14.4 Å². The lowest BCUT2D eigenvalue weighted by atomic mass is 10.1. The van der Waals surface area contributed by atoms with E-state index < -0.39 is 5.91 Å². The highest BCUT2D eigenvalue weighted by molar-refractivity contribution is 6.05. The van der Waals surface area contributed by atoms with Crippen molar-refractivity contribution in [2.24, 2.45) is 0 Å². The molecule has 3 rings (SSSR count). The Morgan fingerprint density at radius 3 is 2.54 bits per heavy atom. The lowest BCUT2D eigenvalue weighted by Crippen LogP contribution is -2.36. The highest BCUT2D eigenvalue weighted by atomic mass is 16.4. The van der Waals surface area contributed by atoms with Gasteiger partial charge in [-0.15, -0.1) is 5.10 Å². The average molecular weight is 328 g/mol. The molecule has 0 spiro atoms. The molecular formula is C16H16N4O4. The summed E-state index contributed by atoms with van der Waals surface area (Å²) in [6.07, 6.45) is 0.285. The summed E-state index contributed by atoms with van der Waals surface area (Å²) in [5.41, 5.74) is 2.98. The molecule has 1 fully saturated rings. The number of imide groups is 1. The van der Waals surface area contributed by atoms with E-state index in [1.54, 1.807) is 0 Å². The fourth-order valence-electron chi connectivity index (χ4n) is 2.37. The molecule has 124 valence electrons. The summed E-state index contributed by atoms with van der Waals surface area (Å²) in [6, 6.07) is 5.63. The van der Waals surface area contributed by atoms with Gasteiger partial charge in [-0.3, -0.25) is 24.6 Å². The standard InChI is InChI=1S/C16H16N4O4/c1-9-3-4-11(7-10(9)2)15-18-19-16(24-15)17-12(21)8-20-13(22)5-6-14(20)23/h3-4,7H,5-6,8H2,1-2H3,(H,17,19,21). The zero-order chi connectivity index (χ0) is 17.3. The summed E-state index contributed by atoms with van der Waals surface area (Å²) in [5.74, 6) is -0.983. The number of rotatable bonds is 4. The summed E-state index contributed by atoms with van der Waals surface area (Å²) in [6.45, 7) is 3.63. The van der Waals surface area contributed by atoms with E-state index in [9.17, 15) is 14.4 Å². The lowest BCUT2D eigenvalue weighted by molar-refractivity contribution is -0.141. The number of carbonyl (C=O) groups is 3. The maximum atomic E-state index is 11.9. The highest BCUT2D eigenvalue weighted by Crippen LogP contribution is 2.22. The zero-order valence-electron chi connectivity index (χ0n) is 13.3. The first kappa shape index (κ1) is 15.9. The minimum absolute atomic E-state index is 0.0766. The van der Waals surface area contributed by atoms with E-state index in [2.05, 4.69) is 15.5 Å². The number of hydrogen-bond donors (Lipinski definition) is 1. The van der Waals surface area contributed by atoms with E-state index in [1.807, 2.05) is 32.0 Å². The van der Waals surface area contributed by atoms with E-state index >= 15 is 0 Å². The molecule has 3 amide bonds. The highest BCUT2D eigenvalue weighted by Gasteiger charge is 2.30. The Bertz CT molecular complexity index is 811. The first-order valence-electron chi connectivity index (χ1n) is 7.48. The second-order valence-electron chi connectivity index (χ2n) is 5.63. The van der Waals surface area contributed by atoms with E-state index in [1.165, 1.54) is 0 Å². The Morgan fingerprint density at radius 1 is 1.17 bits per heavy atom.